The van der Waals surface area contributed by atoms with Crippen LogP contribution in [-0.4, -0.2) is 18.6 Å². The summed E-state index contributed by atoms with van der Waals surface area (Å²) < 4.78 is 24.2. The summed E-state index contributed by atoms with van der Waals surface area (Å²) >= 11 is 0. The molecule has 1 atom stereocenters. The molecule has 0 aliphatic carbocycles. The maximum absolute atomic E-state index is 12.5. The first kappa shape index (κ1) is 9.84. The summed E-state index contributed by atoms with van der Waals surface area (Å²) in [5, 5.41) is 0. The van der Waals surface area contributed by atoms with Crippen molar-refractivity contribution in [3.63, 3.8) is 0 Å². The van der Waals surface area contributed by atoms with Gasteiger partial charge in [0.1, 0.15) is 12.8 Å². The molecule has 1 unspecified atom stereocenters. The number of rotatable bonds is 4. The second kappa shape index (κ2) is 4.70. The Labute approximate surface area is 75.4 Å². The van der Waals surface area contributed by atoms with Gasteiger partial charge in [0.15, 0.2) is 5.78 Å². The average Bonchev–Trinajstić information content (AvgIpc) is 2.19. The lowest BCUT2D eigenvalue weighted by molar-refractivity contribution is 0.0934. The minimum atomic E-state index is -1.67. The summed E-state index contributed by atoms with van der Waals surface area (Å²) in [6.45, 7) is -1.10. The van der Waals surface area contributed by atoms with E-state index in [-0.39, 0.29) is 12.2 Å². The van der Waals surface area contributed by atoms with Crippen molar-refractivity contribution in [2.45, 2.75) is 12.6 Å². The van der Waals surface area contributed by atoms with Gasteiger partial charge in [-0.3, -0.25) is 4.79 Å². The van der Waals surface area contributed by atoms with Crippen LogP contribution in [0.3, 0.4) is 0 Å². The molecule has 1 nitrogen and oxygen atoms in total. The number of Topliss-reactive ketones (excluding diaryl/α,β-unsaturated/α-hetero) is 1. The molecule has 0 saturated carbocycles. The molecule has 70 valence electrons. The number of hydrogen-bond acceptors (Lipinski definition) is 1. The summed E-state index contributed by atoms with van der Waals surface area (Å²) in [5.41, 5.74) is 0.429. The Morgan fingerprint density at radius 3 is 2.46 bits per heavy atom. The van der Waals surface area contributed by atoms with E-state index in [0.29, 0.717) is 5.56 Å². The monoisotopic (exact) mass is 184 g/mol. The quantitative estimate of drug-likeness (QED) is 0.657. The fourth-order valence-electron chi connectivity index (χ4n) is 0.998. The molecule has 0 aliphatic rings. The van der Waals surface area contributed by atoms with Crippen molar-refractivity contribution in [2.75, 3.05) is 6.67 Å². The van der Waals surface area contributed by atoms with E-state index in [2.05, 4.69) is 0 Å². The van der Waals surface area contributed by atoms with Gasteiger partial charge in [-0.15, -0.1) is 0 Å². The van der Waals surface area contributed by atoms with Crippen LogP contribution in [0.5, 0.6) is 0 Å². The molecule has 0 radical (unpaired) electrons. The van der Waals surface area contributed by atoms with Gasteiger partial charge in [-0.1, -0.05) is 30.3 Å². The number of hydrogen-bond donors (Lipinski definition) is 0. The molecule has 0 spiro atoms. The van der Waals surface area contributed by atoms with Crippen LogP contribution in [0.25, 0.3) is 0 Å². The van der Waals surface area contributed by atoms with Crippen LogP contribution in [0.1, 0.15) is 16.8 Å². The summed E-state index contributed by atoms with van der Waals surface area (Å²) in [6, 6.07) is 8.32. The molecule has 1 rings (SSSR count). The lowest BCUT2D eigenvalue weighted by Crippen LogP contribution is -2.10. The SMILES string of the molecule is O=C(CC(F)CF)c1ccccc1. The molecule has 0 saturated heterocycles. The maximum atomic E-state index is 12.5. The van der Waals surface area contributed by atoms with Crippen molar-refractivity contribution in [2.24, 2.45) is 0 Å². The van der Waals surface area contributed by atoms with E-state index in [1.807, 2.05) is 0 Å². The van der Waals surface area contributed by atoms with E-state index in [1.54, 1.807) is 30.3 Å². The van der Waals surface area contributed by atoms with Crippen molar-refractivity contribution in [1.82, 2.24) is 0 Å². The first-order chi connectivity index (χ1) is 6.24. The highest BCUT2D eigenvalue weighted by molar-refractivity contribution is 5.96. The maximum Gasteiger partial charge on any atom is 0.165 e. The molecule has 3 heteroatoms. The van der Waals surface area contributed by atoms with Crippen molar-refractivity contribution >= 4 is 5.78 Å². The summed E-state index contributed by atoms with van der Waals surface area (Å²) in [6.07, 6.45) is -2.05. The van der Waals surface area contributed by atoms with E-state index in [1.165, 1.54) is 0 Å². The van der Waals surface area contributed by atoms with Gasteiger partial charge in [-0.05, 0) is 0 Å². The molecule has 13 heavy (non-hydrogen) atoms. The standard InChI is InChI=1S/C10H10F2O/c11-7-9(12)6-10(13)8-4-2-1-3-5-8/h1-5,9H,6-7H2. The average molecular weight is 184 g/mol. The normalized spacial score (nSPS) is 12.5. The second-order valence-electron chi connectivity index (χ2n) is 2.74. The van der Waals surface area contributed by atoms with Gasteiger partial charge in [-0.2, -0.15) is 0 Å². The molecule has 0 aromatic heterocycles. The number of carbonyl (C=O) groups excluding carboxylic acids is 1. The van der Waals surface area contributed by atoms with E-state index in [0.717, 1.165) is 0 Å². The van der Waals surface area contributed by atoms with Gasteiger partial charge >= 0.3 is 0 Å². The number of ketones is 1. The van der Waals surface area contributed by atoms with Gasteiger partial charge in [0.25, 0.3) is 0 Å². The molecule has 0 N–H and O–H groups in total. The van der Waals surface area contributed by atoms with Crippen molar-refractivity contribution in [3.05, 3.63) is 35.9 Å². The minimum absolute atomic E-state index is 0.356. The molecule has 1 aromatic rings. The molecular formula is C10H10F2O. The Kier molecular flexibility index (Phi) is 3.55. The number of halogens is 2. The molecule has 0 amide bonds. The highest BCUT2D eigenvalue weighted by atomic mass is 19.2. The third-order valence-electron chi connectivity index (χ3n) is 1.67. The molecule has 0 aliphatic heterocycles. The Morgan fingerprint density at radius 2 is 1.92 bits per heavy atom. The fourth-order valence-corrected chi connectivity index (χ4v) is 0.998. The molecule has 0 bridgehead atoms. The van der Waals surface area contributed by atoms with Crippen LogP contribution in [0.4, 0.5) is 8.78 Å². The third kappa shape index (κ3) is 2.93. The third-order valence-corrected chi connectivity index (χ3v) is 1.67. The number of carbonyl (C=O) groups is 1. The van der Waals surface area contributed by atoms with E-state index >= 15 is 0 Å². The van der Waals surface area contributed by atoms with Gasteiger partial charge in [0.05, 0.1) is 0 Å². The Hall–Kier alpha value is -1.25. The van der Waals surface area contributed by atoms with Gasteiger partial charge < -0.3 is 0 Å². The molecule has 0 heterocycles. The Balaban J connectivity index is 2.59. The molecule has 0 fully saturated rings. The zero-order chi connectivity index (χ0) is 9.68. The Morgan fingerprint density at radius 1 is 1.31 bits per heavy atom. The van der Waals surface area contributed by atoms with Crippen LogP contribution in [0.2, 0.25) is 0 Å². The van der Waals surface area contributed by atoms with Crippen LogP contribution in [-0.2, 0) is 0 Å². The topological polar surface area (TPSA) is 17.1 Å². The second-order valence-corrected chi connectivity index (χ2v) is 2.74. The van der Waals surface area contributed by atoms with Crippen molar-refractivity contribution in [3.8, 4) is 0 Å². The minimum Gasteiger partial charge on any atom is -0.294 e. The van der Waals surface area contributed by atoms with Crippen LogP contribution >= 0.6 is 0 Å². The lowest BCUT2D eigenvalue weighted by atomic mass is 10.1. The zero-order valence-electron chi connectivity index (χ0n) is 7.04. The molecular weight excluding hydrogens is 174 g/mol. The van der Waals surface area contributed by atoms with Gasteiger partial charge in [0.2, 0.25) is 0 Å². The first-order valence-corrected chi connectivity index (χ1v) is 4.02. The van der Waals surface area contributed by atoms with Crippen molar-refractivity contribution in [1.29, 1.82) is 0 Å². The fraction of sp³-hybridized carbons (Fsp3) is 0.300. The van der Waals surface area contributed by atoms with E-state index in [4.69, 9.17) is 0 Å². The smallest absolute Gasteiger partial charge is 0.165 e. The highest BCUT2D eigenvalue weighted by Crippen LogP contribution is 2.07. The predicted octanol–water partition coefficient (Wildman–Crippen LogP) is 2.57. The van der Waals surface area contributed by atoms with Gasteiger partial charge in [0, 0.05) is 12.0 Å². The van der Waals surface area contributed by atoms with E-state index < -0.39 is 12.8 Å². The number of benzene rings is 1. The predicted molar refractivity (Wildman–Crippen MR) is 46.3 cm³/mol. The number of alkyl halides is 2. The highest BCUT2D eigenvalue weighted by Gasteiger charge is 2.13. The van der Waals surface area contributed by atoms with Gasteiger partial charge in [-0.25, -0.2) is 8.78 Å². The zero-order valence-corrected chi connectivity index (χ0v) is 7.04. The van der Waals surface area contributed by atoms with E-state index in [9.17, 15) is 13.6 Å². The van der Waals surface area contributed by atoms with Crippen LogP contribution in [0.15, 0.2) is 30.3 Å². The Bertz CT molecular complexity index is 272. The van der Waals surface area contributed by atoms with Crippen molar-refractivity contribution < 1.29 is 13.6 Å². The first-order valence-electron chi connectivity index (χ1n) is 4.02. The van der Waals surface area contributed by atoms with Crippen LogP contribution in [0, 0.1) is 0 Å². The molecule has 1 aromatic carbocycles. The largest absolute Gasteiger partial charge is 0.294 e. The summed E-state index contributed by atoms with van der Waals surface area (Å²) in [4.78, 5) is 11.2. The summed E-state index contributed by atoms with van der Waals surface area (Å²) in [7, 11) is 0. The van der Waals surface area contributed by atoms with Crippen LogP contribution < -0.4 is 0 Å². The summed E-state index contributed by atoms with van der Waals surface area (Å²) in [5.74, 6) is -0.356. The lowest BCUT2D eigenvalue weighted by Gasteiger charge is -2.02.